The SMILES string of the molecule is CCOc1ccccc1-c1noc(CN(C)CC(=O)Nc2ccc(Cl)cc2)n1. The van der Waals surface area contributed by atoms with E-state index in [9.17, 15) is 4.79 Å². The molecule has 2 aromatic carbocycles. The minimum atomic E-state index is -0.147. The Morgan fingerprint density at radius 1 is 1.21 bits per heavy atom. The maximum atomic E-state index is 12.2. The molecule has 0 fully saturated rings. The summed E-state index contributed by atoms with van der Waals surface area (Å²) < 4.78 is 10.9. The number of hydrogen-bond acceptors (Lipinski definition) is 6. The number of likely N-dealkylation sites (N-methyl/N-ethyl adjacent to an activating group) is 1. The summed E-state index contributed by atoms with van der Waals surface area (Å²) in [6.45, 7) is 2.99. The van der Waals surface area contributed by atoms with Crippen LogP contribution in [0.3, 0.4) is 0 Å². The molecular weight excluding hydrogens is 380 g/mol. The fourth-order valence-electron chi connectivity index (χ4n) is 2.63. The Balaban J connectivity index is 1.58. The summed E-state index contributed by atoms with van der Waals surface area (Å²) in [5.41, 5.74) is 1.46. The third-order valence-corrected chi connectivity index (χ3v) is 4.09. The lowest BCUT2D eigenvalue weighted by molar-refractivity contribution is -0.117. The van der Waals surface area contributed by atoms with Crippen LogP contribution in [0.5, 0.6) is 5.75 Å². The van der Waals surface area contributed by atoms with Crippen LogP contribution in [-0.2, 0) is 11.3 Å². The molecule has 0 saturated heterocycles. The Kier molecular flexibility index (Phi) is 6.62. The fourth-order valence-corrected chi connectivity index (χ4v) is 2.75. The van der Waals surface area contributed by atoms with Crippen molar-refractivity contribution in [3.05, 3.63) is 59.4 Å². The lowest BCUT2D eigenvalue weighted by atomic mass is 10.2. The van der Waals surface area contributed by atoms with E-state index in [2.05, 4.69) is 15.5 Å². The van der Waals surface area contributed by atoms with Gasteiger partial charge < -0.3 is 14.6 Å². The molecule has 146 valence electrons. The van der Waals surface area contributed by atoms with E-state index in [1.54, 1.807) is 36.2 Å². The number of carbonyl (C=O) groups is 1. The monoisotopic (exact) mass is 400 g/mol. The number of para-hydroxylation sites is 1. The average Bonchev–Trinajstić information content (AvgIpc) is 3.12. The van der Waals surface area contributed by atoms with Crippen molar-refractivity contribution < 1.29 is 14.1 Å². The van der Waals surface area contributed by atoms with Gasteiger partial charge in [0.2, 0.25) is 17.6 Å². The molecule has 0 aliphatic heterocycles. The number of halogens is 1. The van der Waals surface area contributed by atoms with Crippen molar-refractivity contribution in [2.45, 2.75) is 13.5 Å². The van der Waals surface area contributed by atoms with E-state index >= 15 is 0 Å². The number of aromatic nitrogens is 2. The summed E-state index contributed by atoms with van der Waals surface area (Å²) >= 11 is 5.84. The van der Waals surface area contributed by atoms with Crippen LogP contribution in [0.4, 0.5) is 5.69 Å². The molecule has 3 aromatic rings. The largest absolute Gasteiger partial charge is 0.493 e. The van der Waals surface area contributed by atoms with Crippen molar-refractivity contribution in [2.24, 2.45) is 0 Å². The highest BCUT2D eigenvalue weighted by atomic mass is 35.5. The number of ether oxygens (including phenoxy) is 1. The smallest absolute Gasteiger partial charge is 0.241 e. The van der Waals surface area contributed by atoms with Crippen molar-refractivity contribution in [1.82, 2.24) is 15.0 Å². The van der Waals surface area contributed by atoms with Gasteiger partial charge in [0.25, 0.3) is 0 Å². The summed E-state index contributed by atoms with van der Waals surface area (Å²) in [6, 6.07) is 14.5. The molecule has 0 unspecified atom stereocenters. The van der Waals surface area contributed by atoms with Gasteiger partial charge in [0.05, 0.1) is 25.3 Å². The van der Waals surface area contributed by atoms with Gasteiger partial charge in [0.1, 0.15) is 5.75 Å². The van der Waals surface area contributed by atoms with Crippen LogP contribution in [0.15, 0.2) is 53.1 Å². The van der Waals surface area contributed by atoms with E-state index in [1.165, 1.54) is 0 Å². The zero-order chi connectivity index (χ0) is 19.9. The van der Waals surface area contributed by atoms with Gasteiger partial charge in [0.15, 0.2) is 0 Å². The zero-order valence-corrected chi connectivity index (χ0v) is 16.4. The molecule has 0 aliphatic carbocycles. The molecule has 3 rings (SSSR count). The van der Waals surface area contributed by atoms with Gasteiger partial charge in [-0.3, -0.25) is 9.69 Å². The number of benzene rings is 2. The third kappa shape index (κ3) is 5.31. The molecule has 0 aliphatic rings. The number of hydrogen-bond donors (Lipinski definition) is 1. The highest BCUT2D eigenvalue weighted by Crippen LogP contribution is 2.27. The van der Waals surface area contributed by atoms with Gasteiger partial charge in [0, 0.05) is 10.7 Å². The molecule has 1 heterocycles. The molecule has 0 bridgehead atoms. The van der Waals surface area contributed by atoms with E-state index in [4.69, 9.17) is 20.9 Å². The second-order valence-electron chi connectivity index (χ2n) is 6.17. The Labute approximate surface area is 168 Å². The summed E-state index contributed by atoms with van der Waals surface area (Å²) in [7, 11) is 1.81. The summed E-state index contributed by atoms with van der Waals surface area (Å²) in [6.07, 6.45) is 0. The molecule has 7 nitrogen and oxygen atoms in total. The van der Waals surface area contributed by atoms with Crippen LogP contribution in [0, 0.1) is 0 Å². The van der Waals surface area contributed by atoms with Crippen LogP contribution in [0.25, 0.3) is 11.4 Å². The predicted molar refractivity (Wildman–Crippen MR) is 107 cm³/mol. The first-order valence-electron chi connectivity index (χ1n) is 8.84. The highest BCUT2D eigenvalue weighted by molar-refractivity contribution is 6.30. The number of amides is 1. The van der Waals surface area contributed by atoms with E-state index in [0.29, 0.717) is 41.3 Å². The van der Waals surface area contributed by atoms with Crippen molar-refractivity contribution in [2.75, 3.05) is 25.5 Å². The van der Waals surface area contributed by atoms with Crippen LogP contribution in [0.1, 0.15) is 12.8 Å². The molecule has 1 aromatic heterocycles. The standard InChI is InChI=1S/C20H21ClN4O3/c1-3-27-17-7-5-4-6-16(17)20-23-19(28-24-20)13-25(2)12-18(26)22-15-10-8-14(21)9-11-15/h4-11H,3,12-13H2,1-2H3,(H,22,26). The van der Waals surface area contributed by atoms with Crippen molar-refractivity contribution in [3.63, 3.8) is 0 Å². The Bertz CT molecular complexity index is 927. The maximum absolute atomic E-state index is 12.2. The third-order valence-electron chi connectivity index (χ3n) is 3.84. The summed E-state index contributed by atoms with van der Waals surface area (Å²) in [5.74, 6) is 1.43. The number of carbonyl (C=O) groups excluding carboxylic acids is 1. The number of nitrogens with zero attached hydrogens (tertiary/aromatic N) is 3. The van der Waals surface area contributed by atoms with Gasteiger partial charge >= 0.3 is 0 Å². The van der Waals surface area contributed by atoms with E-state index in [-0.39, 0.29) is 12.5 Å². The fraction of sp³-hybridized carbons (Fsp3) is 0.250. The summed E-state index contributed by atoms with van der Waals surface area (Å²) in [4.78, 5) is 18.4. The Morgan fingerprint density at radius 2 is 1.96 bits per heavy atom. The molecule has 8 heteroatoms. The first-order valence-corrected chi connectivity index (χ1v) is 9.21. The zero-order valence-electron chi connectivity index (χ0n) is 15.7. The normalized spacial score (nSPS) is 10.9. The number of rotatable bonds is 8. The van der Waals surface area contributed by atoms with Gasteiger partial charge in [-0.25, -0.2) is 0 Å². The van der Waals surface area contributed by atoms with E-state index in [0.717, 1.165) is 5.56 Å². The molecule has 0 radical (unpaired) electrons. The topological polar surface area (TPSA) is 80.5 Å². The highest BCUT2D eigenvalue weighted by Gasteiger charge is 2.15. The van der Waals surface area contributed by atoms with Crippen molar-refractivity contribution in [1.29, 1.82) is 0 Å². The quantitative estimate of drug-likeness (QED) is 0.618. The first kappa shape index (κ1) is 19.9. The second kappa shape index (κ2) is 9.34. The van der Waals surface area contributed by atoms with Crippen LogP contribution in [0.2, 0.25) is 5.02 Å². The lowest BCUT2D eigenvalue weighted by Crippen LogP contribution is -2.29. The van der Waals surface area contributed by atoms with Gasteiger partial charge in [-0.2, -0.15) is 4.98 Å². The van der Waals surface area contributed by atoms with Crippen molar-refractivity contribution >= 4 is 23.2 Å². The average molecular weight is 401 g/mol. The predicted octanol–water partition coefficient (Wildman–Crippen LogP) is 3.86. The molecule has 0 saturated carbocycles. The van der Waals surface area contributed by atoms with Crippen molar-refractivity contribution in [3.8, 4) is 17.1 Å². The van der Waals surface area contributed by atoms with Gasteiger partial charge in [-0.1, -0.05) is 28.9 Å². The lowest BCUT2D eigenvalue weighted by Gasteiger charge is -2.13. The first-order chi connectivity index (χ1) is 13.5. The molecule has 1 amide bonds. The number of anilines is 1. The van der Waals surface area contributed by atoms with Crippen LogP contribution >= 0.6 is 11.6 Å². The Hall–Kier alpha value is -2.90. The summed E-state index contributed by atoms with van der Waals surface area (Å²) in [5, 5.41) is 7.47. The van der Waals surface area contributed by atoms with Gasteiger partial charge in [-0.15, -0.1) is 0 Å². The number of nitrogens with one attached hydrogen (secondary N) is 1. The molecule has 28 heavy (non-hydrogen) atoms. The van der Waals surface area contributed by atoms with E-state index < -0.39 is 0 Å². The second-order valence-corrected chi connectivity index (χ2v) is 6.60. The molecular formula is C20H21ClN4O3. The van der Waals surface area contributed by atoms with Gasteiger partial charge in [-0.05, 0) is 50.4 Å². The molecule has 0 atom stereocenters. The minimum Gasteiger partial charge on any atom is -0.493 e. The Morgan fingerprint density at radius 3 is 2.71 bits per heavy atom. The van der Waals surface area contributed by atoms with Crippen LogP contribution < -0.4 is 10.1 Å². The minimum absolute atomic E-state index is 0.147. The molecule has 0 spiro atoms. The van der Waals surface area contributed by atoms with E-state index in [1.807, 2.05) is 31.2 Å². The molecule has 1 N–H and O–H groups in total. The maximum Gasteiger partial charge on any atom is 0.241 e. The van der Waals surface area contributed by atoms with Crippen LogP contribution in [-0.4, -0.2) is 41.1 Å².